The highest BCUT2D eigenvalue weighted by Crippen LogP contribution is 2.13. The van der Waals surface area contributed by atoms with E-state index in [1.165, 1.54) is 0 Å². The molecule has 6 heteroatoms. The lowest BCUT2D eigenvalue weighted by Crippen LogP contribution is -2.13. The average Bonchev–Trinajstić information content (AvgIpc) is 2.00. The summed E-state index contributed by atoms with van der Waals surface area (Å²) in [5, 5.41) is 0. The van der Waals surface area contributed by atoms with Crippen molar-refractivity contribution in [1.82, 2.24) is 0 Å². The summed E-state index contributed by atoms with van der Waals surface area (Å²) in [7, 11) is 0. The monoisotopic (exact) mass is 183 g/mol. The van der Waals surface area contributed by atoms with Gasteiger partial charge in [0.25, 0.3) is 0 Å². The summed E-state index contributed by atoms with van der Waals surface area (Å²) >= 11 is 0. The van der Waals surface area contributed by atoms with Gasteiger partial charge in [0, 0.05) is 6.54 Å². The quantitative estimate of drug-likeness (QED) is 0.660. The zero-order valence-corrected chi connectivity index (χ0v) is 6.15. The molecule has 0 saturated carbocycles. The molecule has 0 aromatic heterocycles. The van der Waals surface area contributed by atoms with Gasteiger partial charge < -0.3 is 10.5 Å². The van der Waals surface area contributed by atoms with E-state index in [9.17, 15) is 18.0 Å². The number of carbonyl (C=O) groups is 1. The van der Waals surface area contributed by atoms with Crippen molar-refractivity contribution in [2.24, 2.45) is 5.73 Å². The second-order valence-corrected chi connectivity index (χ2v) is 1.85. The van der Waals surface area contributed by atoms with E-state index >= 15 is 0 Å². The molecule has 0 aromatic rings. The highest BCUT2D eigenvalue weighted by Gasteiger charge is 2.11. The minimum absolute atomic E-state index is 0.0786. The number of nitrogens with two attached hydrogens (primary N) is 1. The van der Waals surface area contributed by atoms with Crippen LogP contribution >= 0.6 is 0 Å². The number of hydrogen-bond donors (Lipinski definition) is 1. The minimum Gasteiger partial charge on any atom is -0.464 e. The Kier molecular flexibility index (Phi) is 5.11. The molecule has 0 bridgehead atoms. The first-order valence-corrected chi connectivity index (χ1v) is 3.13. The summed E-state index contributed by atoms with van der Waals surface area (Å²) in [6.07, 6.45) is -3.54. The van der Waals surface area contributed by atoms with E-state index in [-0.39, 0.29) is 13.2 Å². The first-order chi connectivity index (χ1) is 5.57. The highest BCUT2D eigenvalue weighted by atomic mass is 19.3. The molecule has 0 amide bonds. The van der Waals surface area contributed by atoms with Crippen LogP contribution in [-0.2, 0) is 9.53 Å². The van der Waals surface area contributed by atoms with Crippen molar-refractivity contribution in [1.29, 1.82) is 0 Å². The summed E-state index contributed by atoms with van der Waals surface area (Å²) in [5.74, 6) is -2.82. The molecule has 3 nitrogen and oxygen atoms in total. The smallest absolute Gasteiger partial charge is 0.312 e. The molecule has 12 heavy (non-hydrogen) atoms. The first kappa shape index (κ1) is 11.0. The molecule has 0 aromatic carbocycles. The van der Waals surface area contributed by atoms with Crippen molar-refractivity contribution in [2.45, 2.75) is 6.42 Å². The van der Waals surface area contributed by atoms with Crippen molar-refractivity contribution in [3.63, 3.8) is 0 Å². The Morgan fingerprint density at radius 1 is 1.33 bits per heavy atom. The van der Waals surface area contributed by atoms with Gasteiger partial charge in [-0.05, 0) is 0 Å². The van der Waals surface area contributed by atoms with E-state index in [0.717, 1.165) is 0 Å². The highest BCUT2D eigenvalue weighted by molar-refractivity contribution is 5.71. The van der Waals surface area contributed by atoms with Crippen LogP contribution in [0.2, 0.25) is 0 Å². The summed E-state index contributed by atoms with van der Waals surface area (Å²) in [5.41, 5.74) is 4.94. The van der Waals surface area contributed by atoms with Crippen LogP contribution in [0.1, 0.15) is 6.42 Å². The van der Waals surface area contributed by atoms with Crippen LogP contribution in [0.15, 0.2) is 11.9 Å². The molecule has 0 aliphatic heterocycles. The molecule has 0 radical (unpaired) electrons. The summed E-state index contributed by atoms with van der Waals surface area (Å²) in [6.45, 7) is -0.0187. The third kappa shape index (κ3) is 4.73. The molecule has 0 atom stereocenters. The van der Waals surface area contributed by atoms with Gasteiger partial charge in [-0.2, -0.15) is 8.78 Å². The first-order valence-electron chi connectivity index (χ1n) is 3.13. The Morgan fingerprint density at radius 3 is 2.33 bits per heavy atom. The molecular formula is C6H8F3NO2. The van der Waals surface area contributed by atoms with Crippen LogP contribution in [0, 0.1) is 0 Å². The van der Waals surface area contributed by atoms with Crippen molar-refractivity contribution in [3.05, 3.63) is 11.9 Å². The van der Waals surface area contributed by atoms with Gasteiger partial charge in [-0.15, -0.1) is 0 Å². The Morgan fingerprint density at radius 2 is 1.92 bits per heavy atom. The van der Waals surface area contributed by atoms with Crippen LogP contribution in [0.5, 0.6) is 0 Å². The zero-order valence-electron chi connectivity index (χ0n) is 6.15. The molecule has 0 spiro atoms. The van der Waals surface area contributed by atoms with E-state index < -0.39 is 24.3 Å². The minimum atomic E-state index is -2.50. The van der Waals surface area contributed by atoms with Crippen molar-refractivity contribution >= 4 is 5.97 Å². The van der Waals surface area contributed by atoms with Crippen LogP contribution in [-0.4, -0.2) is 19.1 Å². The lowest BCUT2D eigenvalue weighted by atomic mass is 10.4. The molecule has 2 N–H and O–H groups in total. The normalized spacial score (nSPS) is 9.33. The number of carbonyl (C=O) groups excluding carboxylic acids is 1. The van der Waals surface area contributed by atoms with Gasteiger partial charge in [0.1, 0.15) is 13.0 Å². The standard InChI is InChI=1S/C6H8F3NO2/c7-4(6(8)9)3-5(11)12-2-1-10/h1-3,10H2. The van der Waals surface area contributed by atoms with Crippen molar-refractivity contribution in [2.75, 3.05) is 13.2 Å². The number of ether oxygens (including phenoxy) is 1. The molecule has 0 aliphatic carbocycles. The van der Waals surface area contributed by atoms with Gasteiger partial charge in [-0.3, -0.25) is 4.79 Å². The van der Waals surface area contributed by atoms with E-state index in [4.69, 9.17) is 5.73 Å². The maximum absolute atomic E-state index is 12.0. The predicted octanol–water partition coefficient (Wildman–Crippen LogP) is 0.956. The lowest BCUT2D eigenvalue weighted by molar-refractivity contribution is -0.142. The third-order valence-electron chi connectivity index (χ3n) is 0.886. The van der Waals surface area contributed by atoms with Gasteiger partial charge in [-0.25, -0.2) is 4.39 Å². The third-order valence-corrected chi connectivity index (χ3v) is 0.886. The largest absolute Gasteiger partial charge is 0.464 e. The van der Waals surface area contributed by atoms with Crippen molar-refractivity contribution in [3.8, 4) is 0 Å². The predicted molar refractivity (Wildman–Crippen MR) is 35.0 cm³/mol. The molecular weight excluding hydrogens is 175 g/mol. The molecule has 0 unspecified atom stereocenters. The number of rotatable bonds is 4. The Labute approximate surface area is 67.0 Å². The van der Waals surface area contributed by atoms with E-state index in [0.29, 0.717) is 0 Å². The maximum atomic E-state index is 12.0. The van der Waals surface area contributed by atoms with Gasteiger partial charge in [0.2, 0.25) is 0 Å². The Bertz CT molecular complexity index is 189. The second-order valence-electron chi connectivity index (χ2n) is 1.85. The topological polar surface area (TPSA) is 52.3 Å². The summed E-state index contributed by atoms with van der Waals surface area (Å²) in [6, 6.07) is 0. The Hall–Kier alpha value is -1.04. The van der Waals surface area contributed by atoms with E-state index in [1.54, 1.807) is 0 Å². The maximum Gasteiger partial charge on any atom is 0.312 e. The van der Waals surface area contributed by atoms with E-state index in [2.05, 4.69) is 4.74 Å². The van der Waals surface area contributed by atoms with Gasteiger partial charge in [-0.1, -0.05) is 0 Å². The van der Waals surface area contributed by atoms with Crippen LogP contribution in [0.4, 0.5) is 13.2 Å². The van der Waals surface area contributed by atoms with Crippen LogP contribution < -0.4 is 5.73 Å². The van der Waals surface area contributed by atoms with E-state index in [1.807, 2.05) is 0 Å². The zero-order chi connectivity index (χ0) is 9.56. The van der Waals surface area contributed by atoms with Crippen molar-refractivity contribution < 1.29 is 22.7 Å². The number of esters is 1. The SMILES string of the molecule is NCCOC(=O)CC(F)=C(F)F. The van der Waals surface area contributed by atoms with Gasteiger partial charge >= 0.3 is 12.0 Å². The van der Waals surface area contributed by atoms with Crippen LogP contribution in [0.3, 0.4) is 0 Å². The van der Waals surface area contributed by atoms with Gasteiger partial charge in [0.15, 0.2) is 5.83 Å². The average molecular weight is 183 g/mol. The fraction of sp³-hybridized carbons (Fsp3) is 0.500. The molecule has 70 valence electrons. The fourth-order valence-electron chi connectivity index (χ4n) is 0.417. The van der Waals surface area contributed by atoms with Gasteiger partial charge in [0.05, 0.1) is 0 Å². The summed E-state index contributed by atoms with van der Waals surface area (Å²) in [4.78, 5) is 10.4. The number of hydrogen-bond acceptors (Lipinski definition) is 3. The van der Waals surface area contributed by atoms with Crippen LogP contribution in [0.25, 0.3) is 0 Å². The molecule has 0 rings (SSSR count). The lowest BCUT2D eigenvalue weighted by Gasteiger charge is -1.99. The molecule has 0 fully saturated rings. The summed E-state index contributed by atoms with van der Waals surface area (Å²) < 4.78 is 39.0. The Balaban J connectivity index is 3.78. The second kappa shape index (κ2) is 5.59. The molecule has 0 heterocycles. The fourth-order valence-corrected chi connectivity index (χ4v) is 0.417. The molecule has 0 saturated heterocycles. The molecule has 0 aliphatic rings. The number of halogens is 3.